The third-order valence-electron chi connectivity index (χ3n) is 2.77. The molecule has 0 spiro atoms. The van der Waals surface area contributed by atoms with Crippen LogP contribution in [-0.4, -0.2) is 20.2 Å². The zero-order chi connectivity index (χ0) is 15.1. The normalized spacial score (nSPS) is 11.1. The molecule has 0 heterocycles. The third-order valence-corrected chi connectivity index (χ3v) is 2.77. The van der Waals surface area contributed by atoms with Crippen molar-refractivity contribution in [3.8, 4) is 11.8 Å². The molecule has 0 aliphatic carbocycles. The van der Waals surface area contributed by atoms with Crippen LogP contribution in [0.1, 0.15) is 25.0 Å². The van der Waals surface area contributed by atoms with Gasteiger partial charge in [-0.05, 0) is 30.0 Å². The number of hydrogen-bond acceptors (Lipinski definition) is 4. The zero-order valence-corrected chi connectivity index (χ0v) is 12.3. The van der Waals surface area contributed by atoms with Crippen LogP contribution in [0, 0.1) is 17.2 Å². The van der Waals surface area contributed by atoms with Gasteiger partial charge in [0.25, 0.3) is 0 Å². The molecule has 1 aromatic carbocycles. The summed E-state index contributed by atoms with van der Waals surface area (Å²) >= 11 is 0. The first kappa shape index (κ1) is 15.8. The summed E-state index contributed by atoms with van der Waals surface area (Å²) in [5.41, 5.74) is 1.79. The molecule has 0 aromatic heterocycles. The van der Waals surface area contributed by atoms with Crippen LogP contribution in [0.5, 0.6) is 5.75 Å². The maximum Gasteiger partial charge on any atom is 0.348 e. The van der Waals surface area contributed by atoms with Gasteiger partial charge in [0.15, 0.2) is 0 Å². The summed E-state index contributed by atoms with van der Waals surface area (Å²) in [5, 5.41) is 8.97. The molecule has 4 nitrogen and oxygen atoms in total. The average molecular weight is 273 g/mol. The van der Waals surface area contributed by atoms with Crippen LogP contribution in [0.15, 0.2) is 23.8 Å². The number of nitriles is 1. The van der Waals surface area contributed by atoms with E-state index in [0.717, 1.165) is 12.0 Å². The zero-order valence-electron chi connectivity index (χ0n) is 12.3. The Morgan fingerprint density at radius 2 is 2.10 bits per heavy atom. The van der Waals surface area contributed by atoms with Crippen LogP contribution < -0.4 is 4.74 Å². The van der Waals surface area contributed by atoms with Crippen molar-refractivity contribution >= 4 is 12.0 Å². The summed E-state index contributed by atoms with van der Waals surface area (Å²) in [5.74, 6) is 0.534. The predicted octanol–water partition coefficient (Wildman–Crippen LogP) is 2.97. The fourth-order valence-electron chi connectivity index (χ4n) is 1.88. The summed E-state index contributed by atoms with van der Waals surface area (Å²) < 4.78 is 9.88. The smallest absolute Gasteiger partial charge is 0.348 e. The highest BCUT2D eigenvalue weighted by molar-refractivity contribution is 5.98. The summed E-state index contributed by atoms with van der Waals surface area (Å²) in [7, 11) is 2.81. The van der Waals surface area contributed by atoms with Crippen molar-refractivity contribution in [3.05, 3.63) is 34.9 Å². The van der Waals surface area contributed by atoms with Gasteiger partial charge in [-0.15, -0.1) is 0 Å². The molecule has 0 bridgehead atoms. The second kappa shape index (κ2) is 7.34. The molecule has 106 valence electrons. The molecular formula is C16H19NO3. The number of methoxy groups -OCH3 is 2. The number of hydrogen-bond donors (Lipinski definition) is 0. The van der Waals surface area contributed by atoms with Crippen molar-refractivity contribution in [2.75, 3.05) is 14.2 Å². The highest BCUT2D eigenvalue weighted by atomic mass is 16.5. The van der Waals surface area contributed by atoms with Gasteiger partial charge in [-0.3, -0.25) is 0 Å². The molecule has 0 unspecified atom stereocenters. The van der Waals surface area contributed by atoms with E-state index in [-0.39, 0.29) is 5.57 Å². The van der Waals surface area contributed by atoms with Gasteiger partial charge in [-0.1, -0.05) is 26.0 Å². The highest BCUT2D eigenvalue weighted by Gasteiger charge is 2.11. The van der Waals surface area contributed by atoms with E-state index in [2.05, 4.69) is 18.6 Å². The first-order valence-electron chi connectivity index (χ1n) is 6.38. The molecule has 1 rings (SSSR count). The minimum absolute atomic E-state index is 0.0533. The Bertz CT molecular complexity index is 553. The Morgan fingerprint density at radius 3 is 2.60 bits per heavy atom. The van der Waals surface area contributed by atoms with Crippen LogP contribution in [0.25, 0.3) is 6.08 Å². The lowest BCUT2D eigenvalue weighted by Gasteiger charge is -2.10. The van der Waals surface area contributed by atoms with Crippen molar-refractivity contribution in [3.63, 3.8) is 0 Å². The van der Waals surface area contributed by atoms with Gasteiger partial charge in [0.2, 0.25) is 0 Å². The Hall–Kier alpha value is -2.28. The van der Waals surface area contributed by atoms with Crippen LogP contribution in [-0.2, 0) is 16.0 Å². The van der Waals surface area contributed by atoms with E-state index < -0.39 is 5.97 Å². The molecule has 0 aliphatic heterocycles. The topological polar surface area (TPSA) is 59.3 Å². The van der Waals surface area contributed by atoms with Gasteiger partial charge in [0.05, 0.1) is 14.2 Å². The molecule has 0 atom stereocenters. The molecule has 0 saturated carbocycles. The molecule has 20 heavy (non-hydrogen) atoms. The molecule has 0 N–H and O–H groups in total. The highest BCUT2D eigenvalue weighted by Crippen LogP contribution is 2.24. The number of carbonyl (C=O) groups excluding carboxylic acids is 1. The minimum atomic E-state index is -0.652. The van der Waals surface area contributed by atoms with Gasteiger partial charge < -0.3 is 9.47 Å². The summed E-state index contributed by atoms with van der Waals surface area (Å²) in [6.07, 6.45) is 2.42. The number of esters is 1. The third kappa shape index (κ3) is 4.13. The van der Waals surface area contributed by atoms with Crippen molar-refractivity contribution in [2.24, 2.45) is 5.92 Å². The first-order chi connectivity index (χ1) is 9.51. The van der Waals surface area contributed by atoms with Crippen LogP contribution >= 0.6 is 0 Å². The van der Waals surface area contributed by atoms with Gasteiger partial charge in [-0.2, -0.15) is 5.26 Å². The Balaban J connectivity index is 3.16. The number of carbonyl (C=O) groups is 1. The van der Waals surface area contributed by atoms with Crippen LogP contribution in [0.3, 0.4) is 0 Å². The molecular weight excluding hydrogens is 254 g/mol. The Labute approximate surface area is 119 Å². The van der Waals surface area contributed by atoms with Crippen LogP contribution in [0.4, 0.5) is 0 Å². The van der Waals surface area contributed by atoms with Gasteiger partial charge in [0, 0.05) is 5.56 Å². The van der Waals surface area contributed by atoms with Crippen molar-refractivity contribution in [2.45, 2.75) is 20.3 Å². The average Bonchev–Trinajstić information content (AvgIpc) is 2.44. The second-order valence-corrected chi connectivity index (χ2v) is 4.84. The number of benzene rings is 1. The van der Waals surface area contributed by atoms with E-state index in [0.29, 0.717) is 17.2 Å². The second-order valence-electron chi connectivity index (χ2n) is 4.84. The van der Waals surface area contributed by atoms with E-state index in [4.69, 9.17) is 10.00 Å². The van der Waals surface area contributed by atoms with Crippen molar-refractivity contribution in [1.29, 1.82) is 5.26 Å². The van der Waals surface area contributed by atoms with Gasteiger partial charge in [0.1, 0.15) is 17.4 Å². The molecule has 0 fully saturated rings. The monoisotopic (exact) mass is 273 g/mol. The van der Waals surface area contributed by atoms with Crippen LogP contribution in [0.2, 0.25) is 0 Å². The van der Waals surface area contributed by atoms with E-state index in [1.807, 2.05) is 24.3 Å². The predicted molar refractivity (Wildman–Crippen MR) is 77.1 cm³/mol. The molecule has 0 aliphatic rings. The maximum atomic E-state index is 11.4. The molecule has 4 heteroatoms. The summed E-state index contributed by atoms with van der Waals surface area (Å²) in [6, 6.07) is 7.58. The molecule has 0 saturated heterocycles. The number of nitrogens with zero attached hydrogens (tertiary/aromatic N) is 1. The maximum absolute atomic E-state index is 11.4. The number of rotatable bonds is 5. The molecule has 1 aromatic rings. The van der Waals surface area contributed by atoms with Gasteiger partial charge >= 0.3 is 5.97 Å². The lowest BCUT2D eigenvalue weighted by atomic mass is 10.0. The largest absolute Gasteiger partial charge is 0.496 e. The van der Waals surface area contributed by atoms with Gasteiger partial charge in [-0.25, -0.2) is 4.79 Å². The SMILES string of the molecule is COC(=O)C(C#N)=Cc1ccc(CC(C)C)cc1OC. The van der Waals surface area contributed by atoms with Crippen molar-refractivity contribution < 1.29 is 14.3 Å². The summed E-state index contributed by atoms with van der Waals surface area (Å²) in [6.45, 7) is 4.29. The minimum Gasteiger partial charge on any atom is -0.496 e. The Kier molecular flexibility index (Phi) is 5.79. The van der Waals surface area contributed by atoms with Crippen molar-refractivity contribution in [1.82, 2.24) is 0 Å². The van der Waals surface area contributed by atoms with E-state index in [9.17, 15) is 4.79 Å². The summed E-state index contributed by atoms with van der Waals surface area (Å²) in [4.78, 5) is 11.4. The standard InChI is InChI=1S/C16H19NO3/c1-11(2)7-12-5-6-13(15(8-12)19-3)9-14(10-17)16(18)20-4/h5-6,8-9,11H,7H2,1-4H3. The van der Waals surface area contributed by atoms with E-state index in [1.54, 1.807) is 7.11 Å². The van der Waals surface area contributed by atoms with E-state index in [1.165, 1.54) is 13.2 Å². The molecule has 0 amide bonds. The quantitative estimate of drug-likeness (QED) is 0.470. The Morgan fingerprint density at radius 1 is 1.40 bits per heavy atom. The van der Waals surface area contributed by atoms with E-state index >= 15 is 0 Å². The lowest BCUT2D eigenvalue weighted by molar-refractivity contribution is -0.135. The lowest BCUT2D eigenvalue weighted by Crippen LogP contribution is -2.03. The fraction of sp³-hybridized carbons (Fsp3) is 0.375. The fourth-order valence-corrected chi connectivity index (χ4v) is 1.88. The number of ether oxygens (including phenoxy) is 2. The molecule has 0 radical (unpaired) electrons. The first-order valence-corrected chi connectivity index (χ1v) is 6.38.